The highest BCUT2D eigenvalue weighted by Gasteiger charge is 2.18. The molecule has 1 heterocycles. The summed E-state index contributed by atoms with van der Waals surface area (Å²) in [5.41, 5.74) is 2.83. The van der Waals surface area contributed by atoms with Crippen LogP contribution in [0.25, 0.3) is 11.1 Å². The number of rotatable bonds is 1. The van der Waals surface area contributed by atoms with Gasteiger partial charge in [0.05, 0.1) is 5.69 Å². The molecule has 0 atom stereocenters. The van der Waals surface area contributed by atoms with Crippen LogP contribution in [0.15, 0.2) is 46.9 Å². The molecule has 4 heteroatoms. The maximum Gasteiger partial charge on any atom is 0.262 e. The van der Waals surface area contributed by atoms with Crippen molar-refractivity contribution in [1.29, 1.82) is 0 Å². The lowest BCUT2D eigenvalue weighted by Gasteiger charge is -2.19. The van der Waals surface area contributed by atoms with Crippen LogP contribution in [0, 0.1) is 0 Å². The topological polar surface area (TPSA) is 38.3 Å². The van der Waals surface area contributed by atoms with E-state index in [1.807, 2.05) is 42.5 Å². The molecule has 0 aliphatic carbocycles. The molecule has 0 saturated heterocycles. The number of fused-ring (bicyclic) bond motifs is 1. The van der Waals surface area contributed by atoms with Gasteiger partial charge in [-0.1, -0.05) is 46.3 Å². The van der Waals surface area contributed by atoms with Gasteiger partial charge in [0.2, 0.25) is 0 Å². The number of benzene rings is 2. The van der Waals surface area contributed by atoms with Gasteiger partial charge in [0.25, 0.3) is 5.91 Å². The third kappa shape index (κ3) is 1.99. The van der Waals surface area contributed by atoms with Gasteiger partial charge in [0.1, 0.15) is 5.75 Å². The van der Waals surface area contributed by atoms with Crippen molar-refractivity contribution in [2.45, 2.75) is 0 Å². The minimum Gasteiger partial charge on any atom is -0.482 e. The number of halogens is 1. The van der Waals surface area contributed by atoms with Gasteiger partial charge >= 0.3 is 0 Å². The van der Waals surface area contributed by atoms with Crippen LogP contribution in [0.4, 0.5) is 5.69 Å². The third-order valence-corrected chi connectivity index (χ3v) is 3.44. The molecule has 90 valence electrons. The van der Waals surface area contributed by atoms with Gasteiger partial charge in [-0.25, -0.2) is 0 Å². The molecule has 0 aromatic heterocycles. The van der Waals surface area contributed by atoms with Crippen molar-refractivity contribution in [1.82, 2.24) is 0 Å². The van der Waals surface area contributed by atoms with E-state index in [1.165, 1.54) is 0 Å². The van der Waals surface area contributed by atoms with Gasteiger partial charge in [-0.05, 0) is 23.3 Å². The summed E-state index contributed by atoms with van der Waals surface area (Å²) < 4.78 is 6.31. The molecule has 0 fully saturated rings. The van der Waals surface area contributed by atoms with E-state index in [9.17, 15) is 4.79 Å². The van der Waals surface area contributed by atoms with Crippen LogP contribution >= 0.6 is 15.9 Å². The minimum absolute atomic E-state index is 0.0735. The first-order valence-electron chi connectivity index (χ1n) is 5.55. The van der Waals surface area contributed by atoms with Gasteiger partial charge < -0.3 is 10.1 Å². The quantitative estimate of drug-likeness (QED) is 0.876. The summed E-state index contributed by atoms with van der Waals surface area (Å²) in [5.74, 6) is 0.574. The number of hydrogen-bond acceptors (Lipinski definition) is 2. The molecule has 2 aromatic rings. The summed E-state index contributed by atoms with van der Waals surface area (Å²) in [6, 6.07) is 13.8. The summed E-state index contributed by atoms with van der Waals surface area (Å²) >= 11 is 3.53. The highest BCUT2D eigenvalue weighted by atomic mass is 79.9. The smallest absolute Gasteiger partial charge is 0.262 e. The molecule has 0 spiro atoms. The number of carbonyl (C=O) groups is 1. The Morgan fingerprint density at radius 3 is 2.72 bits per heavy atom. The van der Waals surface area contributed by atoms with Crippen LogP contribution in [-0.2, 0) is 4.79 Å². The normalized spacial score (nSPS) is 13.5. The number of anilines is 1. The summed E-state index contributed by atoms with van der Waals surface area (Å²) in [6.07, 6.45) is 0. The molecule has 0 radical (unpaired) electrons. The zero-order valence-corrected chi connectivity index (χ0v) is 11.0. The van der Waals surface area contributed by atoms with E-state index >= 15 is 0 Å². The Morgan fingerprint density at radius 1 is 1.17 bits per heavy atom. The Hall–Kier alpha value is -1.81. The number of amides is 1. The predicted molar refractivity (Wildman–Crippen MR) is 73.7 cm³/mol. The molecule has 1 N–H and O–H groups in total. The van der Waals surface area contributed by atoms with Crippen molar-refractivity contribution in [3.05, 3.63) is 46.9 Å². The van der Waals surface area contributed by atoms with Crippen molar-refractivity contribution < 1.29 is 9.53 Å². The molecule has 0 saturated carbocycles. The Kier molecular flexibility index (Phi) is 2.80. The summed E-state index contributed by atoms with van der Waals surface area (Å²) in [5, 5.41) is 2.81. The first-order valence-corrected chi connectivity index (χ1v) is 6.35. The molecule has 3 nitrogen and oxygen atoms in total. The fraction of sp³-hybridized carbons (Fsp3) is 0.0714. The Labute approximate surface area is 113 Å². The minimum atomic E-state index is -0.121. The average Bonchev–Trinajstić information content (AvgIpc) is 2.39. The standard InChI is InChI=1S/C14H10BrNO2/c15-11-7-13-12(16-14(17)8-18-13)6-10(11)9-4-2-1-3-5-9/h1-7H,8H2,(H,16,17). The second-order valence-electron chi connectivity index (χ2n) is 4.03. The maximum atomic E-state index is 11.3. The Morgan fingerprint density at radius 2 is 1.94 bits per heavy atom. The Bertz CT molecular complexity index is 611. The van der Waals surface area contributed by atoms with Crippen LogP contribution in [-0.4, -0.2) is 12.5 Å². The van der Waals surface area contributed by atoms with Crippen LogP contribution < -0.4 is 10.1 Å². The first kappa shape index (κ1) is 11.3. The molecule has 3 rings (SSSR count). The number of hydrogen-bond donors (Lipinski definition) is 1. The monoisotopic (exact) mass is 303 g/mol. The van der Waals surface area contributed by atoms with Gasteiger partial charge in [-0.2, -0.15) is 0 Å². The summed E-state index contributed by atoms with van der Waals surface area (Å²) in [6.45, 7) is 0.0735. The molecular weight excluding hydrogens is 294 g/mol. The zero-order valence-electron chi connectivity index (χ0n) is 9.44. The second kappa shape index (κ2) is 4.46. The number of ether oxygens (including phenoxy) is 1. The van der Waals surface area contributed by atoms with Crippen LogP contribution in [0.5, 0.6) is 5.75 Å². The van der Waals surface area contributed by atoms with E-state index in [0.717, 1.165) is 15.6 Å². The SMILES string of the molecule is O=C1COc2cc(Br)c(-c3ccccc3)cc2N1. The first-order chi connectivity index (χ1) is 8.74. The van der Waals surface area contributed by atoms with Gasteiger partial charge in [-0.15, -0.1) is 0 Å². The Balaban J connectivity index is 2.12. The van der Waals surface area contributed by atoms with E-state index in [0.29, 0.717) is 11.4 Å². The zero-order chi connectivity index (χ0) is 12.5. The lowest BCUT2D eigenvalue weighted by Crippen LogP contribution is -2.25. The highest BCUT2D eigenvalue weighted by Crippen LogP contribution is 2.38. The van der Waals surface area contributed by atoms with Crippen molar-refractivity contribution in [3.63, 3.8) is 0 Å². The number of carbonyl (C=O) groups excluding carboxylic acids is 1. The van der Waals surface area contributed by atoms with E-state index in [1.54, 1.807) is 0 Å². The molecule has 2 aromatic carbocycles. The average molecular weight is 304 g/mol. The van der Waals surface area contributed by atoms with Crippen LogP contribution in [0.1, 0.15) is 0 Å². The predicted octanol–water partition coefficient (Wildman–Crippen LogP) is 3.45. The largest absolute Gasteiger partial charge is 0.482 e. The van der Waals surface area contributed by atoms with E-state index in [2.05, 4.69) is 21.2 Å². The lowest BCUT2D eigenvalue weighted by atomic mass is 10.0. The van der Waals surface area contributed by atoms with Crippen molar-refractivity contribution in [3.8, 4) is 16.9 Å². The summed E-state index contributed by atoms with van der Waals surface area (Å²) in [7, 11) is 0. The highest BCUT2D eigenvalue weighted by molar-refractivity contribution is 9.10. The molecule has 0 unspecified atom stereocenters. The number of nitrogens with one attached hydrogen (secondary N) is 1. The maximum absolute atomic E-state index is 11.3. The molecule has 18 heavy (non-hydrogen) atoms. The van der Waals surface area contributed by atoms with Crippen molar-refractivity contribution in [2.24, 2.45) is 0 Å². The molecule has 0 bridgehead atoms. The molecule has 1 aliphatic heterocycles. The van der Waals surface area contributed by atoms with Crippen molar-refractivity contribution >= 4 is 27.5 Å². The summed E-state index contributed by atoms with van der Waals surface area (Å²) in [4.78, 5) is 11.3. The van der Waals surface area contributed by atoms with Crippen LogP contribution in [0.2, 0.25) is 0 Å². The van der Waals surface area contributed by atoms with E-state index in [4.69, 9.17) is 4.74 Å². The van der Waals surface area contributed by atoms with Crippen molar-refractivity contribution in [2.75, 3.05) is 11.9 Å². The van der Waals surface area contributed by atoms with E-state index in [-0.39, 0.29) is 12.5 Å². The molecule has 1 amide bonds. The fourth-order valence-electron chi connectivity index (χ4n) is 1.94. The third-order valence-electron chi connectivity index (χ3n) is 2.79. The van der Waals surface area contributed by atoms with Gasteiger partial charge in [0.15, 0.2) is 6.61 Å². The van der Waals surface area contributed by atoms with Gasteiger partial charge in [0, 0.05) is 4.47 Å². The van der Waals surface area contributed by atoms with Gasteiger partial charge in [-0.3, -0.25) is 4.79 Å². The van der Waals surface area contributed by atoms with E-state index < -0.39 is 0 Å². The lowest BCUT2D eigenvalue weighted by molar-refractivity contribution is -0.118. The molecular formula is C14H10BrNO2. The second-order valence-corrected chi connectivity index (χ2v) is 4.89. The molecule has 1 aliphatic rings. The fourth-order valence-corrected chi connectivity index (χ4v) is 2.49. The van der Waals surface area contributed by atoms with Crippen LogP contribution in [0.3, 0.4) is 0 Å².